The van der Waals surface area contributed by atoms with E-state index < -0.39 is 12.0 Å². The number of hydrogen-bond acceptors (Lipinski definition) is 4. The molecule has 7 heteroatoms. The molecule has 1 spiro atoms. The molecule has 0 bridgehead atoms. The van der Waals surface area contributed by atoms with Crippen molar-refractivity contribution in [2.24, 2.45) is 11.3 Å². The molecule has 1 aromatic carbocycles. The van der Waals surface area contributed by atoms with Crippen LogP contribution in [0.15, 0.2) is 24.3 Å². The fourth-order valence-corrected chi connectivity index (χ4v) is 4.54. The number of ether oxygens (including phenoxy) is 1. The van der Waals surface area contributed by atoms with E-state index in [1.807, 2.05) is 31.2 Å². The summed E-state index contributed by atoms with van der Waals surface area (Å²) < 4.78 is 5.60. The van der Waals surface area contributed by atoms with Crippen molar-refractivity contribution in [2.75, 3.05) is 26.2 Å². The molecule has 1 saturated carbocycles. The highest BCUT2D eigenvalue weighted by Gasteiger charge is 2.52. The maximum atomic E-state index is 12.5. The van der Waals surface area contributed by atoms with Gasteiger partial charge in [0.1, 0.15) is 11.8 Å². The molecule has 0 unspecified atom stereocenters. The molecule has 2 aliphatic heterocycles. The molecule has 7 nitrogen and oxygen atoms in total. The predicted molar refractivity (Wildman–Crippen MR) is 105 cm³/mol. The van der Waals surface area contributed by atoms with Crippen molar-refractivity contribution in [3.63, 3.8) is 0 Å². The van der Waals surface area contributed by atoms with Crippen molar-refractivity contribution in [1.29, 1.82) is 0 Å². The molecular formula is C22H28N2O5. The number of aliphatic carboxylic acids is 1. The molecule has 4 rings (SSSR count). The fourth-order valence-electron chi connectivity index (χ4n) is 4.54. The number of carbonyl (C=O) groups excluding carboxylic acids is 2. The lowest BCUT2D eigenvalue weighted by Crippen LogP contribution is -2.46. The van der Waals surface area contributed by atoms with E-state index in [2.05, 4.69) is 0 Å². The van der Waals surface area contributed by atoms with E-state index in [9.17, 15) is 19.5 Å². The lowest BCUT2D eigenvalue weighted by Gasteiger charge is -2.39. The molecule has 1 atom stereocenters. The molecule has 2 saturated heterocycles. The fraction of sp³-hybridized carbons (Fsp3) is 0.591. The summed E-state index contributed by atoms with van der Waals surface area (Å²) in [7, 11) is 0. The third-order valence-corrected chi connectivity index (χ3v) is 6.56. The highest BCUT2D eigenvalue weighted by Crippen LogP contribution is 2.45. The summed E-state index contributed by atoms with van der Waals surface area (Å²) in [6, 6.07) is 6.86. The van der Waals surface area contributed by atoms with Crippen LogP contribution in [-0.4, -0.2) is 65.0 Å². The van der Waals surface area contributed by atoms with Gasteiger partial charge in [-0.3, -0.25) is 9.59 Å². The van der Waals surface area contributed by atoms with Gasteiger partial charge in [-0.05, 0) is 56.6 Å². The zero-order valence-corrected chi connectivity index (χ0v) is 16.8. The lowest BCUT2D eigenvalue weighted by atomic mass is 9.76. The van der Waals surface area contributed by atoms with Crippen molar-refractivity contribution in [2.45, 2.75) is 45.1 Å². The van der Waals surface area contributed by atoms with Gasteiger partial charge >= 0.3 is 5.97 Å². The number of likely N-dealkylation sites (tertiary alicyclic amines) is 2. The molecule has 0 radical (unpaired) electrons. The number of rotatable bonds is 5. The van der Waals surface area contributed by atoms with Gasteiger partial charge in [-0.1, -0.05) is 17.7 Å². The van der Waals surface area contributed by atoms with Gasteiger partial charge in [-0.15, -0.1) is 0 Å². The van der Waals surface area contributed by atoms with Gasteiger partial charge in [0.25, 0.3) is 5.91 Å². The van der Waals surface area contributed by atoms with Crippen LogP contribution in [0.5, 0.6) is 5.75 Å². The zero-order valence-electron chi connectivity index (χ0n) is 16.8. The first-order valence-corrected chi connectivity index (χ1v) is 10.4. The number of carboxylic acids is 1. The monoisotopic (exact) mass is 400 g/mol. The summed E-state index contributed by atoms with van der Waals surface area (Å²) in [5, 5.41) is 9.61. The average molecular weight is 400 g/mol. The molecule has 0 aromatic heterocycles. The smallest absolute Gasteiger partial charge is 0.326 e. The number of aryl methyl sites for hydroxylation is 1. The molecule has 2 amide bonds. The second kappa shape index (κ2) is 7.69. The Morgan fingerprint density at radius 2 is 1.79 bits per heavy atom. The van der Waals surface area contributed by atoms with Gasteiger partial charge in [0.2, 0.25) is 5.91 Å². The Kier molecular flexibility index (Phi) is 5.23. The average Bonchev–Trinajstić information content (AvgIpc) is 3.49. The third-order valence-electron chi connectivity index (χ3n) is 6.56. The van der Waals surface area contributed by atoms with Crippen LogP contribution in [0.1, 0.15) is 37.7 Å². The van der Waals surface area contributed by atoms with Gasteiger partial charge in [0.05, 0.1) is 0 Å². The second-order valence-electron chi connectivity index (χ2n) is 8.78. The molecule has 3 aliphatic rings. The highest BCUT2D eigenvalue weighted by atomic mass is 16.5. The van der Waals surface area contributed by atoms with E-state index in [-0.39, 0.29) is 29.8 Å². The van der Waals surface area contributed by atoms with Crippen molar-refractivity contribution in [3.05, 3.63) is 29.8 Å². The Bertz CT molecular complexity index is 794. The summed E-state index contributed by atoms with van der Waals surface area (Å²) >= 11 is 0. The van der Waals surface area contributed by atoms with Crippen LogP contribution in [0.4, 0.5) is 0 Å². The van der Waals surface area contributed by atoms with Crippen LogP contribution in [0.2, 0.25) is 0 Å². The summed E-state index contributed by atoms with van der Waals surface area (Å²) in [5.41, 5.74) is 0.942. The largest absolute Gasteiger partial charge is 0.484 e. The number of carboxylic acid groups (broad SMARTS) is 1. The molecule has 156 valence electrons. The molecular weight excluding hydrogens is 372 g/mol. The number of piperidine rings is 1. The van der Waals surface area contributed by atoms with E-state index >= 15 is 0 Å². The maximum Gasteiger partial charge on any atom is 0.326 e. The molecule has 1 aliphatic carbocycles. The Balaban J connectivity index is 1.32. The van der Waals surface area contributed by atoms with Gasteiger partial charge in [-0.25, -0.2) is 4.79 Å². The minimum atomic E-state index is -0.916. The van der Waals surface area contributed by atoms with Crippen molar-refractivity contribution >= 4 is 17.8 Å². The quantitative estimate of drug-likeness (QED) is 0.818. The zero-order chi connectivity index (χ0) is 20.6. The number of amides is 2. The lowest BCUT2D eigenvalue weighted by molar-refractivity contribution is -0.148. The van der Waals surface area contributed by atoms with Gasteiger partial charge in [0, 0.05) is 25.6 Å². The standard InChI is InChI=1S/C22H28N2O5/c1-15-2-6-17(7-3-15)29-13-19(25)23-10-8-22(9-11-23)12-18(21(27)28)24(14-22)20(26)16-4-5-16/h2-3,6-7,16,18H,4-5,8-14H2,1H3,(H,27,28)/t18-/m0/s1. The Hall–Kier alpha value is -2.57. The summed E-state index contributed by atoms with van der Waals surface area (Å²) in [4.78, 5) is 40.2. The van der Waals surface area contributed by atoms with Crippen LogP contribution < -0.4 is 4.74 Å². The van der Waals surface area contributed by atoms with E-state index in [0.717, 1.165) is 31.2 Å². The van der Waals surface area contributed by atoms with Crippen LogP contribution >= 0.6 is 0 Å². The van der Waals surface area contributed by atoms with E-state index in [1.54, 1.807) is 9.80 Å². The third kappa shape index (κ3) is 4.23. The van der Waals surface area contributed by atoms with Crippen LogP contribution in [0.3, 0.4) is 0 Å². The van der Waals surface area contributed by atoms with E-state index in [4.69, 9.17) is 4.74 Å². The number of hydrogen-bond donors (Lipinski definition) is 1. The number of benzene rings is 1. The van der Waals surface area contributed by atoms with Crippen LogP contribution in [0.25, 0.3) is 0 Å². The topological polar surface area (TPSA) is 87.2 Å². The number of nitrogens with zero attached hydrogens (tertiary/aromatic N) is 2. The summed E-state index contributed by atoms with van der Waals surface area (Å²) in [6.45, 7) is 3.65. The molecule has 1 N–H and O–H groups in total. The predicted octanol–water partition coefficient (Wildman–Crippen LogP) is 2.08. The Morgan fingerprint density at radius 3 is 2.38 bits per heavy atom. The SMILES string of the molecule is Cc1ccc(OCC(=O)N2CCC3(CC2)C[C@@H](C(=O)O)N(C(=O)C2CC2)C3)cc1. The second-order valence-corrected chi connectivity index (χ2v) is 8.78. The van der Waals surface area contributed by atoms with E-state index in [0.29, 0.717) is 31.8 Å². The van der Waals surface area contributed by atoms with Crippen molar-refractivity contribution < 1.29 is 24.2 Å². The number of carbonyl (C=O) groups is 3. The van der Waals surface area contributed by atoms with E-state index in [1.165, 1.54) is 0 Å². The molecule has 29 heavy (non-hydrogen) atoms. The van der Waals surface area contributed by atoms with Gasteiger partial charge in [0.15, 0.2) is 6.61 Å². The Labute approximate surface area is 170 Å². The molecule has 2 heterocycles. The Morgan fingerprint density at radius 1 is 1.14 bits per heavy atom. The maximum absolute atomic E-state index is 12.5. The normalized spacial score (nSPS) is 23.3. The van der Waals surface area contributed by atoms with Crippen molar-refractivity contribution in [1.82, 2.24) is 9.80 Å². The van der Waals surface area contributed by atoms with Gasteiger partial charge in [-0.2, -0.15) is 0 Å². The van der Waals surface area contributed by atoms with Gasteiger partial charge < -0.3 is 19.6 Å². The first-order valence-electron chi connectivity index (χ1n) is 10.4. The molecule has 1 aromatic rings. The van der Waals surface area contributed by atoms with Crippen molar-refractivity contribution in [3.8, 4) is 5.75 Å². The molecule has 3 fully saturated rings. The summed E-state index contributed by atoms with van der Waals surface area (Å²) in [6.07, 6.45) is 3.68. The summed E-state index contributed by atoms with van der Waals surface area (Å²) in [5.74, 6) is -0.279. The first kappa shape index (κ1) is 19.7. The minimum Gasteiger partial charge on any atom is -0.484 e. The van der Waals surface area contributed by atoms with Crippen LogP contribution in [-0.2, 0) is 14.4 Å². The van der Waals surface area contributed by atoms with Crippen LogP contribution in [0, 0.1) is 18.3 Å². The minimum absolute atomic E-state index is 0.000102. The highest BCUT2D eigenvalue weighted by molar-refractivity contribution is 5.87. The first-order chi connectivity index (χ1) is 13.9.